The Balaban J connectivity index is 2.44. The van der Waals surface area contributed by atoms with Crippen LogP contribution in [0.2, 0.25) is 0 Å². The molecule has 1 saturated heterocycles. The summed E-state index contributed by atoms with van der Waals surface area (Å²) in [4.78, 5) is 21.9. The van der Waals surface area contributed by atoms with Crippen molar-refractivity contribution in [2.75, 3.05) is 13.2 Å². The van der Waals surface area contributed by atoms with Crippen molar-refractivity contribution in [3.8, 4) is 0 Å². The zero-order valence-electron chi connectivity index (χ0n) is 8.01. The van der Waals surface area contributed by atoms with Gasteiger partial charge in [-0.15, -0.1) is 0 Å². The fourth-order valence-electron chi connectivity index (χ4n) is 1.37. The van der Waals surface area contributed by atoms with Gasteiger partial charge in [0.15, 0.2) is 0 Å². The van der Waals surface area contributed by atoms with E-state index in [1.54, 1.807) is 0 Å². The lowest BCUT2D eigenvalue weighted by molar-refractivity contribution is -0.143. The Bertz CT molecular complexity index is 257. The first-order valence-electron chi connectivity index (χ1n) is 4.60. The minimum absolute atomic E-state index is 0.254. The lowest BCUT2D eigenvalue weighted by atomic mass is 10.2. The molecule has 1 heterocycles. The predicted octanol–water partition coefficient (Wildman–Crippen LogP) is -2.73. The Morgan fingerprint density at radius 1 is 1.53 bits per heavy atom. The number of carbonyl (C=O) groups is 2. The van der Waals surface area contributed by atoms with Crippen LogP contribution in [0.15, 0.2) is 0 Å². The number of carboxylic acid groups (broad SMARTS) is 1. The van der Waals surface area contributed by atoms with Crippen molar-refractivity contribution >= 4 is 11.9 Å². The smallest absolute Gasteiger partial charge is 0.328 e. The number of rotatable bonds is 4. The highest BCUT2D eigenvalue weighted by molar-refractivity contribution is 5.87. The molecule has 0 aliphatic carbocycles. The van der Waals surface area contributed by atoms with Gasteiger partial charge in [-0.05, 0) is 6.42 Å². The van der Waals surface area contributed by atoms with E-state index >= 15 is 0 Å². The van der Waals surface area contributed by atoms with Gasteiger partial charge < -0.3 is 26.0 Å². The number of nitrogens with one attached hydrogen (secondary N) is 2. The second-order valence-corrected chi connectivity index (χ2v) is 3.43. The standard InChI is InChI=1S/C8H14N2O5/c11-3-6(8(14)15)10-7(13)5-1-4(12)2-9-5/h4-6,9,11-12H,1-3H2,(H,10,13)(H,14,15)/t4-,5+,6?/m1/s1. The van der Waals surface area contributed by atoms with Gasteiger partial charge in [-0.25, -0.2) is 4.79 Å². The first-order valence-corrected chi connectivity index (χ1v) is 4.60. The molecule has 7 nitrogen and oxygen atoms in total. The Morgan fingerprint density at radius 2 is 2.20 bits per heavy atom. The molecule has 0 radical (unpaired) electrons. The van der Waals surface area contributed by atoms with Crippen LogP contribution in [0.1, 0.15) is 6.42 Å². The number of aliphatic hydroxyl groups excluding tert-OH is 2. The van der Waals surface area contributed by atoms with E-state index in [9.17, 15) is 9.59 Å². The molecular formula is C8H14N2O5. The minimum Gasteiger partial charge on any atom is -0.480 e. The summed E-state index contributed by atoms with van der Waals surface area (Å²) in [5.41, 5.74) is 0. The Kier molecular flexibility index (Phi) is 4.01. The van der Waals surface area contributed by atoms with Crippen LogP contribution in [-0.2, 0) is 9.59 Å². The van der Waals surface area contributed by atoms with E-state index in [0.29, 0.717) is 6.54 Å². The molecule has 0 bridgehead atoms. The molecule has 0 aromatic heterocycles. The summed E-state index contributed by atoms with van der Waals surface area (Å²) < 4.78 is 0. The molecule has 1 aliphatic heterocycles. The normalized spacial score (nSPS) is 27.3. The van der Waals surface area contributed by atoms with Gasteiger partial charge in [0.2, 0.25) is 5.91 Å². The fraction of sp³-hybridized carbons (Fsp3) is 0.750. The van der Waals surface area contributed by atoms with Gasteiger partial charge >= 0.3 is 5.97 Å². The molecule has 1 amide bonds. The van der Waals surface area contributed by atoms with E-state index in [2.05, 4.69) is 10.6 Å². The topological polar surface area (TPSA) is 119 Å². The van der Waals surface area contributed by atoms with Crippen LogP contribution in [0.5, 0.6) is 0 Å². The van der Waals surface area contributed by atoms with Gasteiger partial charge in [-0.2, -0.15) is 0 Å². The SMILES string of the molecule is O=C(O)C(CO)NC(=O)[C@@H]1C[C@@H](O)CN1. The fourth-order valence-corrected chi connectivity index (χ4v) is 1.37. The Hall–Kier alpha value is -1.18. The molecule has 3 atom stereocenters. The molecule has 0 saturated carbocycles. The number of amides is 1. The van der Waals surface area contributed by atoms with Crippen LogP contribution in [-0.4, -0.2) is 58.5 Å². The van der Waals surface area contributed by atoms with E-state index in [0.717, 1.165) is 0 Å². The summed E-state index contributed by atoms with van der Waals surface area (Å²) in [5, 5.41) is 31.3. The van der Waals surface area contributed by atoms with Crippen molar-refractivity contribution < 1.29 is 24.9 Å². The first kappa shape index (κ1) is 11.9. The lowest BCUT2D eigenvalue weighted by Crippen LogP contribution is -2.49. The average molecular weight is 218 g/mol. The van der Waals surface area contributed by atoms with Crippen LogP contribution in [0.3, 0.4) is 0 Å². The zero-order chi connectivity index (χ0) is 11.4. The van der Waals surface area contributed by atoms with Gasteiger partial charge in [-0.1, -0.05) is 0 Å². The third kappa shape index (κ3) is 3.15. The molecule has 15 heavy (non-hydrogen) atoms. The second kappa shape index (κ2) is 5.06. The van der Waals surface area contributed by atoms with Crippen LogP contribution in [0.4, 0.5) is 0 Å². The van der Waals surface area contributed by atoms with Crippen LogP contribution in [0.25, 0.3) is 0 Å². The monoisotopic (exact) mass is 218 g/mol. The summed E-state index contributed by atoms with van der Waals surface area (Å²) in [5.74, 6) is -1.81. The third-order valence-corrected chi connectivity index (χ3v) is 2.22. The summed E-state index contributed by atoms with van der Waals surface area (Å²) in [6, 6.07) is -1.88. The Labute approximate surface area is 86.1 Å². The number of hydrogen-bond donors (Lipinski definition) is 5. The van der Waals surface area contributed by atoms with Crippen LogP contribution >= 0.6 is 0 Å². The number of hydrogen-bond acceptors (Lipinski definition) is 5. The predicted molar refractivity (Wildman–Crippen MR) is 49.1 cm³/mol. The number of aliphatic hydroxyl groups is 2. The zero-order valence-corrected chi connectivity index (χ0v) is 8.01. The van der Waals surface area contributed by atoms with Crippen molar-refractivity contribution in [3.05, 3.63) is 0 Å². The quantitative estimate of drug-likeness (QED) is 0.349. The van der Waals surface area contributed by atoms with E-state index in [1.165, 1.54) is 0 Å². The molecule has 1 fully saturated rings. The van der Waals surface area contributed by atoms with Gasteiger partial charge in [-0.3, -0.25) is 4.79 Å². The van der Waals surface area contributed by atoms with Crippen LogP contribution in [0, 0.1) is 0 Å². The first-order chi connectivity index (χ1) is 7.04. The van der Waals surface area contributed by atoms with E-state index in [-0.39, 0.29) is 6.42 Å². The molecule has 0 aromatic carbocycles. The summed E-state index contributed by atoms with van der Waals surface area (Å²) in [6.07, 6.45) is -0.331. The highest BCUT2D eigenvalue weighted by Crippen LogP contribution is 2.06. The number of aliphatic carboxylic acids is 1. The minimum atomic E-state index is -1.29. The maximum atomic E-state index is 11.4. The van der Waals surface area contributed by atoms with E-state index in [1.807, 2.05) is 0 Å². The molecule has 7 heteroatoms. The maximum Gasteiger partial charge on any atom is 0.328 e. The van der Waals surface area contributed by atoms with Gasteiger partial charge in [0.25, 0.3) is 0 Å². The molecule has 1 aliphatic rings. The molecule has 1 unspecified atom stereocenters. The van der Waals surface area contributed by atoms with E-state index in [4.69, 9.17) is 15.3 Å². The Morgan fingerprint density at radius 3 is 2.60 bits per heavy atom. The molecule has 5 N–H and O–H groups in total. The summed E-state index contributed by atoms with van der Waals surface area (Å²) in [7, 11) is 0. The van der Waals surface area contributed by atoms with Crippen molar-refractivity contribution in [1.82, 2.24) is 10.6 Å². The number of carbonyl (C=O) groups excluding carboxylic acids is 1. The number of carboxylic acids is 1. The van der Waals surface area contributed by atoms with Crippen molar-refractivity contribution in [3.63, 3.8) is 0 Å². The van der Waals surface area contributed by atoms with E-state index < -0.39 is 36.7 Å². The highest BCUT2D eigenvalue weighted by atomic mass is 16.4. The number of β-amino-alcohol motifs (C(OH)–C–C–N with tert-alkyl or cyclic N) is 1. The second-order valence-electron chi connectivity index (χ2n) is 3.43. The third-order valence-electron chi connectivity index (χ3n) is 2.22. The molecule has 0 aromatic rings. The largest absolute Gasteiger partial charge is 0.480 e. The van der Waals surface area contributed by atoms with Crippen molar-refractivity contribution in [2.45, 2.75) is 24.6 Å². The van der Waals surface area contributed by atoms with Gasteiger partial charge in [0.1, 0.15) is 6.04 Å². The van der Waals surface area contributed by atoms with Crippen molar-refractivity contribution in [2.24, 2.45) is 0 Å². The van der Waals surface area contributed by atoms with Gasteiger partial charge in [0.05, 0.1) is 18.8 Å². The molecule has 0 spiro atoms. The molecular weight excluding hydrogens is 204 g/mol. The van der Waals surface area contributed by atoms with Crippen LogP contribution < -0.4 is 10.6 Å². The lowest BCUT2D eigenvalue weighted by Gasteiger charge is -2.15. The molecule has 86 valence electrons. The molecule has 1 rings (SSSR count). The van der Waals surface area contributed by atoms with Gasteiger partial charge in [0, 0.05) is 6.54 Å². The maximum absolute atomic E-state index is 11.4. The highest BCUT2D eigenvalue weighted by Gasteiger charge is 2.30. The van der Waals surface area contributed by atoms with Crippen molar-refractivity contribution in [1.29, 1.82) is 0 Å². The average Bonchev–Trinajstić information content (AvgIpc) is 2.60. The summed E-state index contributed by atoms with van der Waals surface area (Å²) >= 11 is 0. The summed E-state index contributed by atoms with van der Waals surface area (Å²) in [6.45, 7) is -0.342.